The lowest BCUT2D eigenvalue weighted by molar-refractivity contribution is 0.0377. The Bertz CT molecular complexity index is 940. The number of anilines is 2. The maximum absolute atomic E-state index is 13.1. The van der Waals surface area contributed by atoms with Gasteiger partial charge in [-0.15, -0.1) is 0 Å². The normalized spacial score (nSPS) is 12.5. The van der Waals surface area contributed by atoms with Crippen molar-refractivity contribution in [1.82, 2.24) is 0 Å². The number of carbonyl (C=O) groups is 1. The van der Waals surface area contributed by atoms with Crippen molar-refractivity contribution in [2.75, 3.05) is 23.8 Å². The van der Waals surface area contributed by atoms with Crippen LogP contribution in [0.5, 0.6) is 0 Å². The number of sulfonamides is 1. The summed E-state index contributed by atoms with van der Waals surface area (Å²) < 4.78 is 39.1. The molecule has 1 atom stereocenters. The molecule has 0 radical (unpaired) electrons. The van der Waals surface area contributed by atoms with Crippen LogP contribution in [0.15, 0.2) is 47.4 Å². The molecule has 0 bridgehead atoms. The van der Waals surface area contributed by atoms with Gasteiger partial charge in [-0.3, -0.25) is 4.72 Å². The van der Waals surface area contributed by atoms with E-state index in [0.717, 1.165) is 5.56 Å². The minimum Gasteiger partial charge on any atom is -0.459 e. The molecule has 0 spiro atoms. The number of methoxy groups -OCH3 is 1. The van der Waals surface area contributed by atoms with Crippen LogP contribution in [-0.2, 0) is 19.5 Å². The first-order valence-corrected chi connectivity index (χ1v) is 10.8. The summed E-state index contributed by atoms with van der Waals surface area (Å²) in [5, 5.41) is 3.12. The summed E-state index contributed by atoms with van der Waals surface area (Å²) in [7, 11) is -2.39. The molecule has 0 aromatic heterocycles. The third-order valence-electron chi connectivity index (χ3n) is 3.97. The molecular formula is C21H28N2O5S. The Hall–Kier alpha value is -2.58. The highest BCUT2D eigenvalue weighted by molar-refractivity contribution is 7.92. The van der Waals surface area contributed by atoms with Gasteiger partial charge in [-0.25, -0.2) is 13.2 Å². The number of aryl methyl sites for hydroxylation is 1. The highest BCUT2D eigenvalue weighted by Gasteiger charge is 2.23. The number of hydrogen-bond donors (Lipinski definition) is 2. The molecule has 2 aromatic rings. The minimum atomic E-state index is -3.96. The van der Waals surface area contributed by atoms with E-state index >= 15 is 0 Å². The van der Waals surface area contributed by atoms with Gasteiger partial charge in [0.2, 0.25) is 0 Å². The van der Waals surface area contributed by atoms with Gasteiger partial charge in [-0.05, 0) is 58.0 Å². The fourth-order valence-electron chi connectivity index (χ4n) is 2.66. The van der Waals surface area contributed by atoms with E-state index < -0.39 is 16.0 Å². The Morgan fingerprint density at radius 3 is 2.31 bits per heavy atom. The number of rotatable bonds is 9. The first kappa shape index (κ1) is 22.7. The van der Waals surface area contributed by atoms with Gasteiger partial charge in [0, 0.05) is 18.8 Å². The second kappa shape index (κ2) is 9.76. The van der Waals surface area contributed by atoms with Crippen LogP contribution in [-0.4, -0.2) is 40.2 Å². The molecule has 0 fully saturated rings. The fourth-order valence-corrected chi connectivity index (χ4v) is 3.92. The average Bonchev–Trinajstić information content (AvgIpc) is 2.63. The van der Waals surface area contributed by atoms with Gasteiger partial charge < -0.3 is 14.8 Å². The summed E-state index contributed by atoms with van der Waals surface area (Å²) in [5.74, 6) is -0.580. The van der Waals surface area contributed by atoms with E-state index in [1.807, 2.05) is 26.0 Å². The third-order valence-corrected chi connectivity index (χ3v) is 5.39. The largest absolute Gasteiger partial charge is 0.459 e. The van der Waals surface area contributed by atoms with E-state index in [4.69, 9.17) is 9.47 Å². The average molecular weight is 421 g/mol. The van der Waals surface area contributed by atoms with Crippen molar-refractivity contribution in [3.8, 4) is 0 Å². The number of ether oxygens (including phenoxy) is 2. The maximum Gasteiger partial charge on any atom is 0.338 e. The highest BCUT2D eigenvalue weighted by atomic mass is 32.2. The van der Waals surface area contributed by atoms with Crippen molar-refractivity contribution in [2.24, 2.45) is 0 Å². The summed E-state index contributed by atoms with van der Waals surface area (Å²) in [5.41, 5.74) is 1.98. The molecule has 29 heavy (non-hydrogen) atoms. The van der Waals surface area contributed by atoms with Gasteiger partial charge in [0.25, 0.3) is 10.0 Å². The molecule has 7 nitrogen and oxygen atoms in total. The van der Waals surface area contributed by atoms with Gasteiger partial charge in [-0.2, -0.15) is 0 Å². The molecule has 0 aliphatic rings. The first-order chi connectivity index (χ1) is 13.6. The Morgan fingerprint density at radius 2 is 1.72 bits per heavy atom. The number of hydrogen-bond acceptors (Lipinski definition) is 6. The second-order valence-corrected chi connectivity index (χ2v) is 8.79. The summed E-state index contributed by atoms with van der Waals surface area (Å²) in [4.78, 5) is 12.2. The van der Waals surface area contributed by atoms with Crippen molar-refractivity contribution >= 4 is 27.4 Å². The molecule has 2 rings (SSSR count). The maximum atomic E-state index is 13.1. The van der Waals surface area contributed by atoms with E-state index in [1.54, 1.807) is 39.2 Å². The van der Waals surface area contributed by atoms with Crippen molar-refractivity contribution < 1.29 is 22.7 Å². The number of esters is 1. The number of benzene rings is 2. The summed E-state index contributed by atoms with van der Waals surface area (Å²) in [6.07, 6.45) is -0.312. The van der Waals surface area contributed by atoms with Crippen LogP contribution >= 0.6 is 0 Å². The van der Waals surface area contributed by atoms with Crippen molar-refractivity contribution in [3.63, 3.8) is 0 Å². The van der Waals surface area contributed by atoms with Crippen molar-refractivity contribution in [2.45, 2.75) is 44.7 Å². The SMILES string of the molecule is COC[C@@H](C)Nc1ccc(C(=O)OC(C)C)cc1S(=O)(=O)Nc1ccc(C)cc1. The minimum absolute atomic E-state index is 0.0424. The van der Waals surface area contributed by atoms with Gasteiger partial charge in [-0.1, -0.05) is 17.7 Å². The predicted molar refractivity (Wildman–Crippen MR) is 114 cm³/mol. The number of carbonyl (C=O) groups excluding carboxylic acids is 1. The van der Waals surface area contributed by atoms with E-state index in [-0.39, 0.29) is 22.6 Å². The van der Waals surface area contributed by atoms with Crippen molar-refractivity contribution in [1.29, 1.82) is 0 Å². The second-order valence-electron chi connectivity index (χ2n) is 7.14. The van der Waals surface area contributed by atoms with E-state index in [2.05, 4.69) is 10.0 Å². The van der Waals surface area contributed by atoms with E-state index in [1.165, 1.54) is 12.1 Å². The molecule has 158 valence electrons. The lowest BCUT2D eigenvalue weighted by Crippen LogP contribution is -2.24. The Morgan fingerprint density at radius 1 is 1.07 bits per heavy atom. The lowest BCUT2D eigenvalue weighted by Gasteiger charge is -2.19. The molecule has 2 aromatic carbocycles. The van der Waals surface area contributed by atoms with E-state index in [9.17, 15) is 13.2 Å². The van der Waals surface area contributed by atoms with Crippen LogP contribution in [0.3, 0.4) is 0 Å². The summed E-state index contributed by atoms with van der Waals surface area (Å²) in [6.45, 7) is 7.64. The topological polar surface area (TPSA) is 93.7 Å². The quantitative estimate of drug-likeness (QED) is 0.599. The lowest BCUT2D eigenvalue weighted by atomic mass is 10.2. The fraction of sp³-hybridized carbons (Fsp3) is 0.381. The van der Waals surface area contributed by atoms with Gasteiger partial charge >= 0.3 is 5.97 Å². The Balaban J connectivity index is 2.44. The molecule has 0 saturated carbocycles. The zero-order valence-corrected chi connectivity index (χ0v) is 18.2. The molecule has 2 N–H and O–H groups in total. The van der Waals surface area contributed by atoms with Gasteiger partial charge in [0.1, 0.15) is 4.90 Å². The van der Waals surface area contributed by atoms with Crippen LogP contribution < -0.4 is 10.0 Å². The summed E-state index contributed by atoms with van der Waals surface area (Å²) >= 11 is 0. The van der Waals surface area contributed by atoms with Crippen LogP contribution in [0.4, 0.5) is 11.4 Å². The van der Waals surface area contributed by atoms with Gasteiger partial charge in [0.15, 0.2) is 0 Å². The molecule has 0 aliphatic carbocycles. The predicted octanol–water partition coefficient (Wildman–Crippen LogP) is 3.81. The van der Waals surface area contributed by atoms with Crippen LogP contribution in [0.2, 0.25) is 0 Å². The molecule has 0 aliphatic heterocycles. The monoisotopic (exact) mass is 420 g/mol. The number of nitrogens with one attached hydrogen (secondary N) is 2. The van der Waals surface area contributed by atoms with Gasteiger partial charge in [0.05, 0.1) is 24.0 Å². The molecule has 0 heterocycles. The zero-order chi connectivity index (χ0) is 21.6. The van der Waals surface area contributed by atoms with Crippen LogP contribution in [0.1, 0.15) is 36.7 Å². The molecular weight excluding hydrogens is 392 g/mol. The van der Waals surface area contributed by atoms with E-state index in [0.29, 0.717) is 18.0 Å². The smallest absolute Gasteiger partial charge is 0.338 e. The summed E-state index contributed by atoms with van der Waals surface area (Å²) in [6, 6.07) is 11.3. The molecule has 0 unspecified atom stereocenters. The molecule has 0 amide bonds. The Kier molecular flexibility index (Phi) is 7.64. The molecule has 8 heteroatoms. The first-order valence-electron chi connectivity index (χ1n) is 9.32. The molecule has 0 saturated heterocycles. The standard InChI is InChI=1S/C21H28N2O5S/c1-14(2)28-21(24)17-8-11-19(22-16(4)13-27-5)20(12-17)29(25,26)23-18-9-6-15(3)7-10-18/h6-12,14,16,22-23H,13H2,1-5H3/t16-/m1/s1. The third kappa shape index (κ3) is 6.47. The van der Waals surface area contributed by atoms with Crippen LogP contribution in [0, 0.1) is 6.92 Å². The highest BCUT2D eigenvalue weighted by Crippen LogP contribution is 2.27. The Labute approximate surface area is 172 Å². The zero-order valence-electron chi connectivity index (χ0n) is 17.4. The van der Waals surface area contributed by atoms with Crippen molar-refractivity contribution in [3.05, 3.63) is 53.6 Å². The van der Waals surface area contributed by atoms with Crippen LogP contribution in [0.25, 0.3) is 0 Å².